The molecular weight excluding hydrogens is 367 g/mol. The van der Waals surface area contributed by atoms with Gasteiger partial charge >= 0.3 is 18.1 Å². The third-order valence-corrected chi connectivity index (χ3v) is 3.33. The summed E-state index contributed by atoms with van der Waals surface area (Å²) in [5.74, 6) is -2.58. The Bertz CT molecular complexity index is 695. The standard InChI is InChI=1S/C18H22F3NO5/c1-17(2,3)27-14(23)10-9-13(16(25)26-4)22-15(24)11-7-5-6-8-12(11)18(19,20)21/h5-8,13H,9-10H2,1-4H3,(H,22,24)/t13-/m1/s1. The zero-order chi connectivity index (χ0) is 20.8. The summed E-state index contributed by atoms with van der Waals surface area (Å²) in [7, 11) is 1.07. The highest BCUT2D eigenvalue weighted by molar-refractivity contribution is 5.98. The molecule has 0 spiro atoms. The number of nitrogens with one attached hydrogen (secondary N) is 1. The van der Waals surface area contributed by atoms with Gasteiger partial charge in [0.15, 0.2) is 0 Å². The zero-order valence-electron chi connectivity index (χ0n) is 15.5. The lowest BCUT2D eigenvalue weighted by Crippen LogP contribution is -2.42. The number of carbonyl (C=O) groups excluding carboxylic acids is 3. The van der Waals surface area contributed by atoms with E-state index >= 15 is 0 Å². The fourth-order valence-corrected chi connectivity index (χ4v) is 2.21. The Labute approximate surface area is 155 Å². The number of esters is 2. The number of benzene rings is 1. The van der Waals surface area contributed by atoms with E-state index in [1.807, 2.05) is 0 Å². The fraction of sp³-hybridized carbons (Fsp3) is 0.500. The van der Waals surface area contributed by atoms with Gasteiger partial charge in [-0.05, 0) is 39.3 Å². The third kappa shape index (κ3) is 7.28. The average molecular weight is 389 g/mol. The van der Waals surface area contributed by atoms with Crippen LogP contribution in [0.2, 0.25) is 0 Å². The molecule has 0 saturated carbocycles. The van der Waals surface area contributed by atoms with E-state index in [0.717, 1.165) is 25.3 Å². The van der Waals surface area contributed by atoms with Crippen LogP contribution >= 0.6 is 0 Å². The second-order valence-corrected chi connectivity index (χ2v) is 6.72. The van der Waals surface area contributed by atoms with Gasteiger partial charge in [-0.15, -0.1) is 0 Å². The second kappa shape index (κ2) is 8.88. The molecule has 1 rings (SSSR count). The summed E-state index contributed by atoms with van der Waals surface area (Å²) in [4.78, 5) is 35.9. The molecule has 6 nitrogen and oxygen atoms in total. The SMILES string of the molecule is COC(=O)[C@@H](CCC(=O)OC(C)(C)C)NC(=O)c1ccccc1C(F)(F)F. The maximum absolute atomic E-state index is 13.0. The molecule has 0 aliphatic heterocycles. The lowest BCUT2D eigenvalue weighted by atomic mass is 10.0. The highest BCUT2D eigenvalue weighted by Gasteiger charge is 2.35. The summed E-state index contributed by atoms with van der Waals surface area (Å²) >= 11 is 0. The summed E-state index contributed by atoms with van der Waals surface area (Å²) in [5, 5.41) is 2.19. The summed E-state index contributed by atoms with van der Waals surface area (Å²) in [5.41, 5.74) is -2.48. The van der Waals surface area contributed by atoms with Gasteiger partial charge in [0.25, 0.3) is 5.91 Å². The van der Waals surface area contributed by atoms with Crippen LogP contribution in [0.5, 0.6) is 0 Å². The van der Waals surface area contributed by atoms with E-state index in [2.05, 4.69) is 10.1 Å². The van der Waals surface area contributed by atoms with Crippen molar-refractivity contribution in [3.63, 3.8) is 0 Å². The van der Waals surface area contributed by atoms with E-state index in [4.69, 9.17) is 4.74 Å². The average Bonchev–Trinajstić information content (AvgIpc) is 2.55. The normalized spacial score (nSPS) is 12.9. The number of rotatable bonds is 6. The maximum Gasteiger partial charge on any atom is 0.417 e. The van der Waals surface area contributed by atoms with Crippen molar-refractivity contribution in [3.8, 4) is 0 Å². The number of carbonyl (C=O) groups is 3. The van der Waals surface area contributed by atoms with Crippen molar-refractivity contribution in [3.05, 3.63) is 35.4 Å². The molecule has 0 heterocycles. The molecule has 1 N–H and O–H groups in total. The molecule has 27 heavy (non-hydrogen) atoms. The van der Waals surface area contributed by atoms with Crippen LogP contribution in [0, 0.1) is 0 Å². The van der Waals surface area contributed by atoms with Gasteiger partial charge in [0.2, 0.25) is 0 Å². The minimum absolute atomic E-state index is 0.179. The summed E-state index contributed by atoms with van der Waals surface area (Å²) in [6, 6.07) is 2.90. The van der Waals surface area contributed by atoms with Crippen LogP contribution in [-0.4, -0.2) is 36.6 Å². The van der Waals surface area contributed by atoms with Crippen molar-refractivity contribution in [2.24, 2.45) is 0 Å². The fourth-order valence-electron chi connectivity index (χ4n) is 2.21. The Balaban J connectivity index is 2.91. The lowest BCUT2D eigenvalue weighted by Gasteiger charge is -2.21. The molecule has 1 atom stereocenters. The van der Waals surface area contributed by atoms with Gasteiger partial charge in [-0.2, -0.15) is 13.2 Å². The molecule has 1 aromatic rings. The molecule has 0 saturated heterocycles. The van der Waals surface area contributed by atoms with E-state index < -0.39 is 46.8 Å². The first kappa shape index (κ1) is 22.5. The van der Waals surface area contributed by atoms with Crippen molar-refractivity contribution in [2.75, 3.05) is 7.11 Å². The summed E-state index contributed by atoms with van der Waals surface area (Å²) in [6.45, 7) is 5.00. The first-order valence-electron chi connectivity index (χ1n) is 8.12. The highest BCUT2D eigenvalue weighted by atomic mass is 19.4. The molecule has 0 radical (unpaired) electrons. The maximum atomic E-state index is 13.0. The van der Waals surface area contributed by atoms with Gasteiger partial charge in [-0.3, -0.25) is 9.59 Å². The molecule has 0 bridgehead atoms. The van der Waals surface area contributed by atoms with Crippen LogP contribution in [0.4, 0.5) is 13.2 Å². The van der Waals surface area contributed by atoms with Gasteiger partial charge in [0.05, 0.1) is 18.2 Å². The lowest BCUT2D eigenvalue weighted by molar-refractivity contribution is -0.155. The topological polar surface area (TPSA) is 81.7 Å². The van der Waals surface area contributed by atoms with Gasteiger partial charge < -0.3 is 14.8 Å². The van der Waals surface area contributed by atoms with E-state index in [1.54, 1.807) is 20.8 Å². The van der Waals surface area contributed by atoms with Crippen LogP contribution in [0.1, 0.15) is 49.5 Å². The Morgan fingerprint density at radius 2 is 1.70 bits per heavy atom. The molecule has 150 valence electrons. The number of ether oxygens (including phenoxy) is 2. The van der Waals surface area contributed by atoms with Crippen LogP contribution in [0.25, 0.3) is 0 Å². The molecule has 1 amide bonds. The third-order valence-electron chi connectivity index (χ3n) is 3.33. The largest absolute Gasteiger partial charge is 0.467 e. The minimum Gasteiger partial charge on any atom is -0.467 e. The van der Waals surface area contributed by atoms with Gasteiger partial charge in [-0.25, -0.2) is 4.79 Å². The molecule has 0 fully saturated rings. The molecule has 0 aliphatic rings. The molecular formula is C18H22F3NO5. The van der Waals surface area contributed by atoms with Gasteiger partial charge in [-0.1, -0.05) is 12.1 Å². The Kier molecular flexibility index (Phi) is 7.38. The van der Waals surface area contributed by atoms with E-state index in [-0.39, 0.29) is 12.8 Å². The smallest absolute Gasteiger partial charge is 0.417 e. The van der Waals surface area contributed by atoms with Crippen molar-refractivity contribution in [1.29, 1.82) is 0 Å². The van der Waals surface area contributed by atoms with Crippen molar-refractivity contribution < 1.29 is 37.0 Å². The van der Waals surface area contributed by atoms with Crippen LogP contribution in [0.3, 0.4) is 0 Å². The highest BCUT2D eigenvalue weighted by Crippen LogP contribution is 2.31. The van der Waals surface area contributed by atoms with Crippen molar-refractivity contribution in [1.82, 2.24) is 5.32 Å². The van der Waals surface area contributed by atoms with Gasteiger partial charge in [0, 0.05) is 6.42 Å². The summed E-state index contributed by atoms with van der Waals surface area (Å²) < 4.78 is 48.8. The number of alkyl halides is 3. The molecule has 0 unspecified atom stereocenters. The minimum atomic E-state index is -4.73. The van der Waals surface area contributed by atoms with E-state index in [0.29, 0.717) is 0 Å². The number of hydrogen-bond donors (Lipinski definition) is 1. The van der Waals surface area contributed by atoms with Gasteiger partial charge in [0.1, 0.15) is 11.6 Å². The van der Waals surface area contributed by atoms with Crippen LogP contribution in [0.15, 0.2) is 24.3 Å². The molecule has 1 aromatic carbocycles. The zero-order valence-corrected chi connectivity index (χ0v) is 15.5. The van der Waals surface area contributed by atoms with Crippen LogP contribution < -0.4 is 5.32 Å². The van der Waals surface area contributed by atoms with Crippen LogP contribution in [-0.2, 0) is 25.2 Å². The van der Waals surface area contributed by atoms with E-state index in [9.17, 15) is 27.6 Å². The van der Waals surface area contributed by atoms with Crippen molar-refractivity contribution >= 4 is 17.8 Å². The molecule has 0 aliphatic carbocycles. The molecule has 9 heteroatoms. The van der Waals surface area contributed by atoms with Crippen molar-refractivity contribution in [2.45, 2.75) is 51.4 Å². The Hall–Kier alpha value is -2.58. The Morgan fingerprint density at radius 3 is 2.22 bits per heavy atom. The number of halogens is 3. The predicted octanol–water partition coefficient (Wildman–Crippen LogP) is 3.10. The second-order valence-electron chi connectivity index (χ2n) is 6.72. The molecule has 0 aromatic heterocycles. The first-order chi connectivity index (χ1) is 12.3. The van der Waals surface area contributed by atoms with E-state index in [1.165, 1.54) is 6.07 Å². The quantitative estimate of drug-likeness (QED) is 0.756. The number of methoxy groups -OCH3 is 1. The first-order valence-corrected chi connectivity index (χ1v) is 8.12. The predicted molar refractivity (Wildman–Crippen MR) is 89.8 cm³/mol. The monoisotopic (exact) mass is 389 g/mol. The Morgan fingerprint density at radius 1 is 1.11 bits per heavy atom. The summed E-state index contributed by atoms with van der Waals surface area (Å²) in [6.07, 6.45) is -5.13. The number of amides is 1. The number of hydrogen-bond acceptors (Lipinski definition) is 5.